The molecule has 17 heavy (non-hydrogen) atoms. The Morgan fingerprint density at radius 3 is 2.82 bits per heavy atom. The first-order valence-electron chi connectivity index (χ1n) is 6.09. The van der Waals surface area contributed by atoms with Crippen LogP contribution in [0.1, 0.15) is 47.5 Å². The van der Waals surface area contributed by atoms with Gasteiger partial charge in [0, 0.05) is 5.92 Å². The lowest BCUT2D eigenvalue weighted by atomic mass is 10.0. The third-order valence-electron chi connectivity index (χ3n) is 2.89. The van der Waals surface area contributed by atoms with Gasteiger partial charge in [0.1, 0.15) is 0 Å². The van der Waals surface area contributed by atoms with E-state index < -0.39 is 0 Å². The number of ketones is 1. The molecule has 1 aliphatic heterocycles. The highest BCUT2D eigenvalue weighted by Crippen LogP contribution is 2.31. The van der Waals surface area contributed by atoms with Gasteiger partial charge in [-0.25, -0.2) is 0 Å². The molecule has 0 saturated carbocycles. The molecular formula is C13H18O3S. The van der Waals surface area contributed by atoms with Crippen molar-refractivity contribution in [1.29, 1.82) is 0 Å². The van der Waals surface area contributed by atoms with Crippen LogP contribution in [0, 0.1) is 5.92 Å². The monoisotopic (exact) mass is 254 g/mol. The summed E-state index contributed by atoms with van der Waals surface area (Å²) in [6.45, 7) is 5.37. The van der Waals surface area contributed by atoms with Gasteiger partial charge in [0.05, 0.1) is 23.0 Å². The second-order valence-corrected chi connectivity index (χ2v) is 5.44. The van der Waals surface area contributed by atoms with Crippen molar-refractivity contribution in [3.8, 4) is 0 Å². The molecule has 0 aromatic carbocycles. The van der Waals surface area contributed by atoms with Crippen molar-refractivity contribution in [2.24, 2.45) is 5.92 Å². The van der Waals surface area contributed by atoms with E-state index in [-0.39, 0.29) is 18.0 Å². The van der Waals surface area contributed by atoms with Gasteiger partial charge in [-0.1, -0.05) is 20.3 Å². The Balaban J connectivity index is 2.04. The molecular weight excluding hydrogens is 236 g/mol. The van der Waals surface area contributed by atoms with Crippen LogP contribution in [-0.2, 0) is 9.47 Å². The number of hydrogen-bond donors (Lipinski definition) is 0. The standard InChI is InChI=1S/C13H18O3S/c1-3-4-9(2)12(14)10-5-6-11(17-10)13-15-7-8-16-13/h5-6,9,13H,3-4,7-8H2,1-2H3/t9-/m1/s1. The third-order valence-corrected chi connectivity index (χ3v) is 4.01. The predicted octanol–water partition coefficient (Wildman–Crippen LogP) is 3.41. The first-order valence-corrected chi connectivity index (χ1v) is 6.91. The van der Waals surface area contributed by atoms with Crippen LogP contribution in [0.25, 0.3) is 0 Å². The highest BCUT2D eigenvalue weighted by Gasteiger charge is 2.23. The Morgan fingerprint density at radius 1 is 1.47 bits per heavy atom. The first-order chi connectivity index (χ1) is 8.22. The number of thiophene rings is 1. The predicted molar refractivity (Wildman–Crippen MR) is 67.4 cm³/mol. The molecule has 94 valence electrons. The SMILES string of the molecule is CCC[C@@H](C)C(=O)c1ccc(C2OCCO2)s1. The van der Waals surface area contributed by atoms with Gasteiger partial charge in [-0.3, -0.25) is 4.79 Å². The molecule has 1 saturated heterocycles. The molecule has 1 fully saturated rings. The van der Waals surface area contributed by atoms with Crippen molar-refractivity contribution in [2.45, 2.75) is 33.0 Å². The quantitative estimate of drug-likeness (QED) is 0.755. The number of Topliss-reactive ketones (excluding diaryl/α,β-unsaturated/α-hetero) is 1. The fourth-order valence-electron chi connectivity index (χ4n) is 1.94. The molecule has 0 spiro atoms. The highest BCUT2D eigenvalue weighted by atomic mass is 32.1. The normalized spacial score (nSPS) is 18.5. The van der Waals surface area contributed by atoms with Gasteiger partial charge < -0.3 is 9.47 Å². The summed E-state index contributed by atoms with van der Waals surface area (Å²) in [7, 11) is 0. The topological polar surface area (TPSA) is 35.5 Å². The summed E-state index contributed by atoms with van der Waals surface area (Å²) in [6.07, 6.45) is 1.73. The average Bonchev–Trinajstić information content (AvgIpc) is 2.98. The Bertz CT molecular complexity index is 380. The van der Waals surface area contributed by atoms with E-state index in [0.29, 0.717) is 13.2 Å². The summed E-state index contributed by atoms with van der Waals surface area (Å²) >= 11 is 1.49. The molecule has 2 rings (SSSR count). The second-order valence-electron chi connectivity index (χ2n) is 4.33. The van der Waals surface area contributed by atoms with Crippen molar-refractivity contribution >= 4 is 17.1 Å². The van der Waals surface area contributed by atoms with E-state index in [1.54, 1.807) is 0 Å². The number of rotatable bonds is 5. The van der Waals surface area contributed by atoms with E-state index in [2.05, 4.69) is 6.92 Å². The second kappa shape index (κ2) is 5.76. The number of carbonyl (C=O) groups excluding carboxylic acids is 1. The molecule has 1 aromatic rings. The zero-order valence-corrected chi connectivity index (χ0v) is 11.1. The Hall–Kier alpha value is -0.710. The summed E-state index contributed by atoms with van der Waals surface area (Å²) < 4.78 is 10.8. The lowest BCUT2D eigenvalue weighted by Crippen LogP contribution is -2.09. The molecule has 0 radical (unpaired) electrons. The van der Waals surface area contributed by atoms with E-state index in [1.165, 1.54) is 11.3 Å². The maximum Gasteiger partial charge on any atom is 0.193 e. The summed E-state index contributed by atoms with van der Waals surface area (Å²) in [4.78, 5) is 13.9. The number of ether oxygens (including phenoxy) is 2. The first kappa shape index (κ1) is 12.7. The summed E-state index contributed by atoms with van der Waals surface area (Å²) in [5.74, 6) is 0.345. The van der Waals surface area contributed by atoms with Crippen molar-refractivity contribution in [3.05, 3.63) is 21.9 Å². The summed E-state index contributed by atoms with van der Waals surface area (Å²) in [6, 6.07) is 3.83. The Morgan fingerprint density at radius 2 is 2.18 bits per heavy atom. The van der Waals surface area contributed by atoms with Gasteiger partial charge in [-0.15, -0.1) is 11.3 Å². The maximum atomic E-state index is 12.1. The molecule has 2 heterocycles. The zero-order chi connectivity index (χ0) is 12.3. The van der Waals surface area contributed by atoms with Crippen molar-refractivity contribution in [2.75, 3.05) is 13.2 Å². The van der Waals surface area contributed by atoms with E-state index >= 15 is 0 Å². The minimum Gasteiger partial charge on any atom is -0.345 e. The van der Waals surface area contributed by atoms with Gasteiger partial charge in [0.15, 0.2) is 12.1 Å². The zero-order valence-electron chi connectivity index (χ0n) is 10.3. The average molecular weight is 254 g/mol. The largest absolute Gasteiger partial charge is 0.345 e. The van der Waals surface area contributed by atoms with Gasteiger partial charge >= 0.3 is 0 Å². The minimum absolute atomic E-state index is 0.108. The smallest absolute Gasteiger partial charge is 0.193 e. The van der Waals surface area contributed by atoms with Crippen LogP contribution >= 0.6 is 11.3 Å². The van der Waals surface area contributed by atoms with Crippen LogP contribution in [0.3, 0.4) is 0 Å². The maximum absolute atomic E-state index is 12.1. The van der Waals surface area contributed by atoms with E-state index in [4.69, 9.17) is 9.47 Å². The number of carbonyl (C=O) groups is 1. The van der Waals surface area contributed by atoms with Crippen molar-refractivity contribution in [3.63, 3.8) is 0 Å². The molecule has 1 aromatic heterocycles. The molecule has 1 aliphatic rings. The molecule has 3 nitrogen and oxygen atoms in total. The lowest BCUT2D eigenvalue weighted by molar-refractivity contribution is -0.0413. The van der Waals surface area contributed by atoms with Crippen LogP contribution in [-0.4, -0.2) is 19.0 Å². The van der Waals surface area contributed by atoms with Gasteiger partial charge in [-0.05, 0) is 18.6 Å². The fourth-order valence-corrected chi connectivity index (χ4v) is 3.00. The van der Waals surface area contributed by atoms with Crippen LogP contribution in [0.5, 0.6) is 0 Å². The lowest BCUT2D eigenvalue weighted by Gasteiger charge is -2.07. The van der Waals surface area contributed by atoms with Gasteiger partial charge in [-0.2, -0.15) is 0 Å². The minimum atomic E-state index is -0.261. The molecule has 0 unspecified atom stereocenters. The van der Waals surface area contributed by atoms with Crippen LogP contribution < -0.4 is 0 Å². The summed E-state index contributed by atoms with van der Waals surface area (Å²) in [5, 5.41) is 0. The molecule has 0 aliphatic carbocycles. The summed E-state index contributed by atoms with van der Waals surface area (Å²) in [5.41, 5.74) is 0. The Labute approximate surface area is 106 Å². The van der Waals surface area contributed by atoms with E-state index in [1.807, 2.05) is 19.1 Å². The van der Waals surface area contributed by atoms with Crippen molar-refractivity contribution < 1.29 is 14.3 Å². The van der Waals surface area contributed by atoms with Gasteiger partial charge in [0.2, 0.25) is 0 Å². The van der Waals surface area contributed by atoms with E-state index in [9.17, 15) is 4.79 Å². The fraction of sp³-hybridized carbons (Fsp3) is 0.615. The van der Waals surface area contributed by atoms with Crippen LogP contribution in [0.4, 0.5) is 0 Å². The number of hydrogen-bond acceptors (Lipinski definition) is 4. The van der Waals surface area contributed by atoms with Crippen molar-refractivity contribution in [1.82, 2.24) is 0 Å². The van der Waals surface area contributed by atoms with Gasteiger partial charge in [0.25, 0.3) is 0 Å². The third kappa shape index (κ3) is 2.94. The Kier molecular flexibility index (Phi) is 4.31. The van der Waals surface area contributed by atoms with Crippen LogP contribution in [0.2, 0.25) is 0 Å². The highest BCUT2D eigenvalue weighted by molar-refractivity contribution is 7.14. The van der Waals surface area contributed by atoms with E-state index in [0.717, 1.165) is 22.6 Å². The van der Waals surface area contributed by atoms with Crippen LogP contribution in [0.15, 0.2) is 12.1 Å². The molecule has 1 atom stereocenters. The molecule has 0 amide bonds. The molecule has 0 N–H and O–H groups in total. The molecule has 4 heteroatoms. The molecule has 0 bridgehead atoms.